The Kier molecular flexibility index (Phi) is 3.76. The van der Waals surface area contributed by atoms with E-state index >= 15 is 0 Å². The van der Waals surface area contributed by atoms with Crippen LogP contribution in [0.15, 0.2) is 0 Å². The van der Waals surface area contributed by atoms with E-state index in [-0.39, 0.29) is 24.4 Å². The van der Waals surface area contributed by atoms with Gasteiger partial charge in [-0.05, 0) is 70.6 Å². The van der Waals surface area contributed by atoms with Crippen LogP contribution in [-0.2, 0) is 0 Å². The summed E-state index contributed by atoms with van der Waals surface area (Å²) >= 11 is 0. The highest BCUT2D eigenvalue weighted by molar-refractivity contribution is 5.05. The van der Waals surface area contributed by atoms with E-state index in [0.29, 0.717) is 25.7 Å². The molecule has 6 atom stereocenters. The fraction of sp³-hybridized carbons (Fsp3) is 1.00. The molecule has 0 aliphatic heterocycles. The molecule has 0 radical (unpaired) electrons. The van der Waals surface area contributed by atoms with E-state index in [1.807, 2.05) is 13.8 Å². The Balaban J connectivity index is 2.28. The van der Waals surface area contributed by atoms with Crippen LogP contribution in [0.5, 0.6) is 0 Å². The van der Waals surface area contributed by atoms with Gasteiger partial charge in [0.1, 0.15) is 0 Å². The van der Waals surface area contributed by atoms with Crippen molar-refractivity contribution in [3.8, 4) is 0 Å². The van der Waals surface area contributed by atoms with Crippen molar-refractivity contribution in [2.24, 2.45) is 17.8 Å². The van der Waals surface area contributed by atoms with Crippen molar-refractivity contribution in [1.29, 1.82) is 0 Å². The van der Waals surface area contributed by atoms with E-state index in [2.05, 4.69) is 0 Å². The summed E-state index contributed by atoms with van der Waals surface area (Å²) in [6.45, 7) is 5.06. The van der Waals surface area contributed by atoms with Crippen LogP contribution in [0.4, 0.5) is 0 Å². The van der Waals surface area contributed by atoms with E-state index < -0.39 is 16.8 Å². The molecule has 112 valence electrons. The molecule has 19 heavy (non-hydrogen) atoms. The molecule has 0 unspecified atom stereocenters. The number of aliphatic hydroxyl groups excluding tert-OH is 1. The van der Waals surface area contributed by atoms with Crippen LogP contribution >= 0.6 is 0 Å². The molecule has 2 aliphatic rings. The molecule has 2 fully saturated rings. The Labute approximate surface area is 115 Å². The van der Waals surface area contributed by atoms with Crippen LogP contribution in [0.25, 0.3) is 0 Å². The SMILES string of the molecule is C[C@](O)(CO)[C@H]1CC[C@@](C)(O)[C@H]2CC[C@@](C)(O)[C@H]2C1. The van der Waals surface area contributed by atoms with Gasteiger partial charge in [0.25, 0.3) is 0 Å². The van der Waals surface area contributed by atoms with E-state index in [1.165, 1.54) is 0 Å². The second-order valence-corrected chi connectivity index (χ2v) is 7.45. The fourth-order valence-electron chi connectivity index (χ4n) is 4.20. The third-order valence-corrected chi connectivity index (χ3v) is 5.78. The molecule has 0 aromatic carbocycles. The van der Waals surface area contributed by atoms with Gasteiger partial charge in [-0.1, -0.05) is 0 Å². The predicted octanol–water partition coefficient (Wildman–Crippen LogP) is 1.06. The summed E-state index contributed by atoms with van der Waals surface area (Å²) < 4.78 is 0. The van der Waals surface area contributed by atoms with Gasteiger partial charge in [-0.25, -0.2) is 0 Å². The van der Waals surface area contributed by atoms with Gasteiger partial charge in [0.05, 0.1) is 23.4 Å². The third-order valence-electron chi connectivity index (χ3n) is 5.78. The Hall–Kier alpha value is -0.160. The fourth-order valence-corrected chi connectivity index (χ4v) is 4.20. The average molecular weight is 272 g/mol. The first-order valence-corrected chi connectivity index (χ1v) is 7.38. The van der Waals surface area contributed by atoms with Gasteiger partial charge in [-0.15, -0.1) is 0 Å². The molecule has 0 amide bonds. The van der Waals surface area contributed by atoms with Crippen molar-refractivity contribution in [2.45, 2.75) is 69.7 Å². The zero-order valence-corrected chi connectivity index (χ0v) is 12.3. The Morgan fingerprint density at radius 1 is 1.05 bits per heavy atom. The largest absolute Gasteiger partial charge is 0.393 e. The zero-order valence-electron chi connectivity index (χ0n) is 12.3. The number of fused-ring (bicyclic) bond motifs is 1. The quantitative estimate of drug-likeness (QED) is 0.606. The van der Waals surface area contributed by atoms with Crippen LogP contribution in [0, 0.1) is 17.8 Å². The molecule has 0 bridgehead atoms. The minimum atomic E-state index is -1.14. The number of aliphatic hydroxyl groups is 4. The highest BCUT2D eigenvalue weighted by atomic mass is 16.3. The molecule has 0 heterocycles. The van der Waals surface area contributed by atoms with Gasteiger partial charge >= 0.3 is 0 Å². The minimum absolute atomic E-state index is 0.00646. The Morgan fingerprint density at radius 2 is 1.58 bits per heavy atom. The maximum atomic E-state index is 10.7. The summed E-state index contributed by atoms with van der Waals surface area (Å²) in [5, 5.41) is 40.9. The van der Waals surface area contributed by atoms with Gasteiger partial charge in [0, 0.05) is 0 Å². The Bertz CT molecular complexity index is 335. The molecule has 2 aliphatic carbocycles. The smallest absolute Gasteiger partial charge is 0.0877 e. The molecule has 4 N–H and O–H groups in total. The summed E-state index contributed by atoms with van der Waals surface area (Å²) in [6.07, 6.45) is 3.50. The summed E-state index contributed by atoms with van der Waals surface area (Å²) in [5.74, 6) is -0.00133. The van der Waals surface area contributed by atoms with Gasteiger partial charge in [0.15, 0.2) is 0 Å². The first-order valence-electron chi connectivity index (χ1n) is 7.38. The molecular weight excluding hydrogens is 244 g/mol. The standard InChI is InChI=1S/C15H28O4/c1-13(17)6-4-10(15(3,19)9-16)8-12-11(13)5-7-14(12,2)18/h10-12,16-19H,4-9H2,1-3H3/t10-,11-,12-,13+,14+,15-/m0/s1. The molecule has 4 nitrogen and oxygen atoms in total. The summed E-state index contributed by atoms with van der Waals surface area (Å²) in [6, 6.07) is 0. The summed E-state index contributed by atoms with van der Waals surface area (Å²) in [4.78, 5) is 0. The maximum absolute atomic E-state index is 10.7. The normalized spacial score (nSPS) is 50.4. The summed E-state index contributed by atoms with van der Waals surface area (Å²) in [7, 11) is 0. The predicted molar refractivity (Wildman–Crippen MR) is 72.5 cm³/mol. The summed E-state index contributed by atoms with van der Waals surface area (Å²) in [5.41, 5.74) is -2.70. The zero-order chi connectivity index (χ0) is 14.5. The topological polar surface area (TPSA) is 80.9 Å². The lowest BCUT2D eigenvalue weighted by Gasteiger charge is -2.37. The molecule has 0 aromatic heterocycles. The highest BCUT2D eigenvalue weighted by Gasteiger charge is 2.54. The lowest BCUT2D eigenvalue weighted by molar-refractivity contribution is -0.0736. The van der Waals surface area contributed by atoms with Crippen LogP contribution in [-0.4, -0.2) is 43.8 Å². The molecule has 0 saturated heterocycles. The lowest BCUT2D eigenvalue weighted by atomic mass is 9.74. The van der Waals surface area contributed by atoms with Crippen molar-refractivity contribution in [3.63, 3.8) is 0 Å². The molecule has 4 heteroatoms. The monoisotopic (exact) mass is 272 g/mol. The number of hydrogen-bond donors (Lipinski definition) is 4. The second kappa shape index (κ2) is 4.69. The van der Waals surface area contributed by atoms with Crippen molar-refractivity contribution in [3.05, 3.63) is 0 Å². The third kappa shape index (κ3) is 2.68. The lowest BCUT2D eigenvalue weighted by Crippen LogP contribution is -2.43. The average Bonchev–Trinajstić information content (AvgIpc) is 2.51. The highest BCUT2D eigenvalue weighted by Crippen LogP contribution is 2.53. The van der Waals surface area contributed by atoms with Crippen molar-refractivity contribution in [1.82, 2.24) is 0 Å². The van der Waals surface area contributed by atoms with E-state index in [9.17, 15) is 20.4 Å². The molecule has 0 spiro atoms. The van der Waals surface area contributed by atoms with Crippen LogP contribution in [0.1, 0.15) is 52.9 Å². The molecule has 2 rings (SSSR count). The van der Waals surface area contributed by atoms with E-state index in [1.54, 1.807) is 6.92 Å². The first kappa shape index (κ1) is 15.2. The number of rotatable bonds is 2. The Morgan fingerprint density at radius 3 is 2.16 bits per heavy atom. The molecule has 2 saturated carbocycles. The van der Waals surface area contributed by atoms with Gasteiger partial charge in [-0.3, -0.25) is 0 Å². The van der Waals surface area contributed by atoms with Crippen molar-refractivity contribution in [2.75, 3.05) is 6.61 Å². The van der Waals surface area contributed by atoms with Crippen molar-refractivity contribution < 1.29 is 20.4 Å². The van der Waals surface area contributed by atoms with Gasteiger partial charge < -0.3 is 20.4 Å². The first-order chi connectivity index (χ1) is 8.60. The van der Waals surface area contributed by atoms with E-state index in [4.69, 9.17) is 0 Å². The van der Waals surface area contributed by atoms with Crippen LogP contribution in [0.2, 0.25) is 0 Å². The van der Waals surface area contributed by atoms with Crippen LogP contribution in [0.3, 0.4) is 0 Å². The molecule has 0 aromatic rings. The molecular formula is C15H28O4. The van der Waals surface area contributed by atoms with Crippen LogP contribution < -0.4 is 0 Å². The maximum Gasteiger partial charge on any atom is 0.0877 e. The van der Waals surface area contributed by atoms with E-state index in [0.717, 1.165) is 6.42 Å². The second-order valence-electron chi connectivity index (χ2n) is 7.45. The number of hydrogen-bond acceptors (Lipinski definition) is 4. The van der Waals surface area contributed by atoms with Gasteiger partial charge in [0.2, 0.25) is 0 Å². The minimum Gasteiger partial charge on any atom is -0.393 e. The van der Waals surface area contributed by atoms with Crippen molar-refractivity contribution >= 4 is 0 Å². The van der Waals surface area contributed by atoms with Gasteiger partial charge in [-0.2, -0.15) is 0 Å².